The van der Waals surface area contributed by atoms with Crippen LogP contribution >= 0.6 is 23.2 Å². The second kappa shape index (κ2) is 13.0. The lowest BCUT2D eigenvalue weighted by Gasteiger charge is -2.30. The Kier molecular flexibility index (Phi) is 9.41. The molecule has 5 rings (SSSR count). The van der Waals surface area contributed by atoms with Crippen LogP contribution < -0.4 is 10.6 Å². The third-order valence-corrected chi connectivity index (χ3v) is 9.00. The zero-order valence-electron chi connectivity index (χ0n) is 25.3. The molecule has 1 aliphatic carbocycles. The minimum atomic E-state index is -1.44. The molecule has 1 aromatic heterocycles. The highest BCUT2D eigenvalue weighted by Crippen LogP contribution is 2.45. The molecule has 1 saturated heterocycles. The van der Waals surface area contributed by atoms with Crippen LogP contribution in [0.1, 0.15) is 71.8 Å². The SMILES string of the molecule is CC(C)(C)OC(=O)N[C@H]1CCCCC/C=C\[C@H]2C[C@@]2(C(=O)O)NC(=O)[C@@H]2C[C@@H](n3nnc(-c4ccc(Cl)c(Cl)c4)n3)CN2C1=O. The van der Waals surface area contributed by atoms with Crippen LogP contribution in [0.5, 0.6) is 0 Å². The molecule has 3 aliphatic rings. The van der Waals surface area contributed by atoms with Crippen molar-refractivity contribution in [1.29, 1.82) is 0 Å². The fourth-order valence-corrected chi connectivity index (χ4v) is 6.12. The molecule has 0 unspecified atom stereocenters. The van der Waals surface area contributed by atoms with Crippen molar-refractivity contribution < 1.29 is 29.0 Å². The molecule has 2 fully saturated rings. The number of carbonyl (C=O) groups is 4. The Labute approximate surface area is 270 Å². The summed E-state index contributed by atoms with van der Waals surface area (Å²) >= 11 is 12.2. The molecule has 0 radical (unpaired) electrons. The van der Waals surface area contributed by atoms with Crippen molar-refractivity contribution in [2.75, 3.05) is 6.54 Å². The van der Waals surface area contributed by atoms with Gasteiger partial charge in [-0.15, -0.1) is 10.2 Å². The van der Waals surface area contributed by atoms with Gasteiger partial charge in [0.25, 0.3) is 0 Å². The summed E-state index contributed by atoms with van der Waals surface area (Å²) in [7, 11) is 0. The topological polar surface area (TPSA) is 169 Å². The molecule has 13 nitrogen and oxygen atoms in total. The van der Waals surface area contributed by atoms with E-state index < -0.39 is 53.1 Å². The lowest BCUT2D eigenvalue weighted by atomic mass is 10.0. The van der Waals surface area contributed by atoms with E-state index in [1.807, 2.05) is 12.2 Å². The molecule has 0 bridgehead atoms. The van der Waals surface area contributed by atoms with Gasteiger partial charge in [-0.25, -0.2) is 9.59 Å². The smallest absolute Gasteiger partial charge is 0.408 e. The van der Waals surface area contributed by atoms with Crippen molar-refractivity contribution in [2.45, 2.75) is 95.0 Å². The summed E-state index contributed by atoms with van der Waals surface area (Å²) in [6, 6.07) is 2.35. The molecule has 2 aliphatic heterocycles. The van der Waals surface area contributed by atoms with Crippen LogP contribution in [0, 0.1) is 5.92 Å². The second-order valence-corrected chi connectivity index (χ2v) is 13.6. The monoisotopic (exact) mass is 661 g/mol. The molecule has 1 saturated carbocycles. The number of benzene rings is 1. The number of hydrogen-bond donors (Lipinski definition) is 3. The number of aromatic nitrogens is 4. The van der Waals surface area contributed by atoms with Gasteiger partial charge in [0, 0.05) is 24.4 Å². The summed E-state index contributed by atoms with van der Waals surface area (Å²) < 4.78 is 5.43. The number of amides is 3. The third kappa shape index (κ3) is 7.41. The van der Waals surface area contributed by atoms with Crippen molar-refractivity contribution in [3.8, 4) is 11.4 Å². The number of aliphatic carboxylic acids is 1. The normalized spacial score (nSPS) is 28.2. The molecule has 242 valence electrons. The Morgan fingerprint density at radius 1 is 1.16 bits per heavy atom. The van der Waals surface area contributed by atoms with Gasteiger partial charge in [0.05, 0.1) is 16.1 Å². The van der Waals surface area contributed by atoms with Gasteiger partial charge in [0.2, 0.25) is 17.6 Å². The van der Waals surface area contributed by atoms with Crippen molar-refractivity contribution in [3.05, 3.63) is 40.4 Å². The first-order valence-electron chi connectivity index (χ1n) is 15.0. The van der Waals surface area contributed by atoms with E-state index in [-0.39, 0.29) is 31.1 Å². The Bertz CT molecular complexity index is 1510. The van der Waals surface area contributed by atoms with Gasteiger partial charge < -0.3 is 25.4 Å². The molecule has 3 N–H and O–H groups in total. The lowest BCUT2D eigenvalue weighted by Crippen LogP contribution is -2.56. The number of rotatable bonds is 4. The third-order valence-electron chi connectivity index (χ3n) is 8.26. The number of ether oxygens (including phenoxy) is 1. The number of allylic oxidation sites excluding steroid dienone is 1. The average molecular weight is 663 g/mol. The zero-order valence-corrected chi connectivity index (χ0v) is 26.8. The number of fused-ring (bicyclic) bond motifs is 2. The van der Waals surface area contributed by atoms with Crippen LogP contribution in [0.3, 0.4) is 0 Å². The highest BCUT2D eigenvalue weighted by atomic mass is 35.5. The molecule has 1 aromatic carbocycles. The highest BCUT2D eigenvalue weighted by Gasteiger charge is 2.61. The van der Waals surface area contributed by atoms with Crippen LogP contribution in [0.15, 0.2) is 30.4 Å². The maximum absolute atomic E-state index is 14.1. The summed E-state index contributed by atoms with van der Waals surface area (Å²) in [6.45, 7) is 5.21. The first-order valence-corrected chi connectivity index (χ1v) is 15.8. The van der Waals surface area contributed by atoms with Gasteiger partial charge in [-0.1, -0.05) is 48.2 Å². The quantitative estimate of drug-likeness (QED) is 0.407. The number of tetrazole rings is 1. The van der Waals surface area contributed by atoms with E-state index in [1.54, 1.807) is 39.0 Å². The largest absolute Gasteiger partial charge is 0.479 e. The Balaban J connectivity index is 1.45. The molecule has 45 heavy (non-hydrogen) atoms. The predicted molar refractivity (Wildman–Crippen MR) is 164 cm³/mol. The first kappa shape index (κ1) is 32.7. The number of carbonyl (C=O) groups excluding carboxylic acids is 3. The van der Waals surface area contributed by atoms with E-state index in [4.69, 9.17) is 27.9 Å². The maximum atomic E-state index is 14.1. The summed E-state index contributed by atoms with van der Waals surface area (Å²) in [6.07, 6.45) is 6.76. The van der Waals surface area contributed by atoms with Gasteiger partial charge in [0.1, 0.15) is 23.2 Å². The van der Waals surface area contributed by atoms with Crippen molar-refractivity contribution in [2.24, 2.45) is 5.92 Å². The van der Waals surface area contributed by atoms with E-state index >= 15 is 0 Å². The van der Waals surface area contributed by atoms with Gasteiger partial charge in [-0.05, 0) is 69.9 Å². The van der Waals surface area contributed by atoms with Crippen LogP contribution in [0.2, 0.25) is 10.0 Å². The Morgan fingerprint density at radius 2 is 1.93 bits per heavy atom. The van der Waals surface area contributed by atoms with Crippen LogP contribution in [-0.2, 0) is 19.1 Å². The molecule has 0 spiro atoms. The molecule has 3 heterocycles. The van der Waals surface area contributed by atoms with Crippen LogP contribution in [0.25, 0.3) is 11.4 Å². The van der Waals surface area contributed by atoms with E-state index in [1.165, 1.54) is 9.70 Å². The number of alkyl carbamates (subject to hydrolysis) is 1. The molecule has 15 heteroatoms. The van der Waals surface area contributed by atoms with Crippen LogP contribution in [0.4, 0.5) is 4.79 Å². The van der Waals surface area contributed by atoms with Crippen molar-refractivity contribution in [3.63, 3.8) is 0 Å². The van der Waals surface area contributed by atoms with Gasteiger partial charge in [0.15, 0.2) is 0 Å². The van der Waals surface area contributed by atoms with Crippen molar-refractivity contribution >= 4 is 47.1 Å². The van der Waals surface area contributed by atoms with Gasteiger partial charge in [-0.2, -0.15) is 4.80 Å². The second-order valence-electron chi connectivity index (χ2n) is 12.8. The highest BCUT2D eigenvalue weighted by molar-refractivity contribution is 6.42. The van der Waals surface area contributed by atoms with E-state index in [0.29, 0.717) is 28.5 Å². The summed E-state index contributed by atoms with van der Waals surface area (Å²) in [4.78, 5) is 55.8. The standard InChI is InChI=1S/C30H37Cl2N7O6/c1-29(2,3)45-28(44)33-22-10-8-6-4-5-7-9-18-15-30(18,27(42)43)34-25(40)23-14-19(16-38(23)26(22)41)39-36-24(35-37-39)17-11-12-20(31)21(32)13-17/h7,9,11-13,18-19,22-23H,4-6,8,10,14-16H2,1-3H3,(H,33,44)(H,34,40)(H,42,43)/b9-7-/t18-,19+,22-,23-,30+/m0/s1. The van der Waals surface area contributed by atoms with Gasteiger partial charge >= 0.3 is 12.1 Å². The zero-order chi connectivity index (χ0) is 32.5. The lowest BCUT2D eigenvalue weighted by molar-refractivity contribution is -0.145. The Morgan fingerprint density at radius 3 is 2.64 bits per heavy atom. The van der Waals surface area contributed by atoms with E-state index in [0.717, 1.165) is 19.3 Å². The number of nitrogens with one attached hydrogen (secondary N) is 2. The number of carboxylic acids is 1. The minimum Gasteiger partial charge on any atom is -0.479 e. The average Bonchev–Trinajstić information content (AvgIpc) is 3.28. The van der Waals surface area contributed by atoms with E-state index in [2.05, 4.69) is 26.0 Å². The van der Waals surface area contributed by atoms with E-state index in [9.17, 15) is 24.3 Å². The molecular formula is C30H37Cl2N7O6. The van der Waals surface area contributed by atoms with Crippen LogP contribution in [-0.4, -0.2) is 83.9 Å². The summed E-state index contributed by atoms with van der Waals surface area (Å²) in [5.74, 6) is -2.28. The molecular weight excluding hydrogens is 625 g/mol. The number of hydrogen-bond acceptors (Lipinski definition) is 8. The summed E-state index contributed by atoms with van der Waals surface area (Å²) in [5.41, 5.74) is -1.64. The maximum Gasteiger partial charge on any atom is 0.408 e. The predicted octanol–water partition coefficient (Wildman–Crippen LogP) is 4.16. The fraction of sp³-hybridized carbons (Fsp3) is 0.567. The Hall–Kier alpha value is -3.71. The summed E-state index contributed by atoms with van der Waals surface area (Å²) in [5, 5.41) is 29.0. The minimum absolute atomic E-state index is 0.0317. The van der Waals surface area contributed by atoms with Gasteiger partial charge in [-0.3, -0.25) is 9.59 Å². The fourth-order valence-electron chi connectivity index (χ4n) is 5.83. The number of nitrogens with zero attached hydrogens (tertiary/aromatic N) is 5. The molecule has 5 atom stereocenters. The number of carboxylic acid groups (broad SMARTS) is 1. The molecule has 3 amide bonds. The first-order chi connectivity index (χ1) is 21.3. The molecule has 2 aromatic rings. The number of halogens is 2. The van der Waals surface area contributed by atoms with Crippen molar-refractivity contribution in [1.82, 2.24) is 35.7 Å².